The van der Waals surface area contributed by atoms with E-state index < -0.39 is 0 Å². The van der Waals surface area contributed by atoms with Crippen molar-refractivity contribution in [1.29, 1.82) is 0 Å². The third-order valence-corrected chi connectivity index (χ3v) is 3.07. The SMILES string of the molecule is C=CCC(C)NCc1ccc2nc(C)ccc2c1. The molecule has 1 unspecified atom stereocenters. The Morgan fingerprint density at radius 3 is 2.94 bits per heavy atom. The molecule has 0 aliphatic carbocycles. The van der Waals surface area contributed by atoms with E-state index in [1.54, 1.807) is 0 Å². The van der Waals surface area contributed by atoms with Gasteiger partial charge in [0.15, 0.2) is 0 Å². The van der Waals surface area contributed by atoms with E-state index in [1.165, 1.54) is 10.9 Å². The molecule has 18 heavy (non-hydrogen) atoms. The number of hydrogen-bond donors (Lipinski definition) is 1. The molecule has 0 fully saturated rings. The fraction of sp³-hybridized carbons (Fsp3) is 0.312. The van der Waals surface area contributed by atoms with Gasteiger partial charge in [0.2, 0.25) is 0 Å². The van der Waals surface area contributed by atoms with Gasteiger partial charge in [0, 0.05) is 23.7 Å². The van der Waals surface area contributed by atoms with E-state index in [9.17, 15) is 0 Å². The van der Waals surface area contributed by atoms with Crippen LogP contribution in [0, 0.1) is 6.92 Å². The van der Waals surface area contributed by atoms with Gasteiger partial charge in [0.25, 0.3) is 0 Å². The monoisotopic (exact) mass is 240 g/mol. The minimum atomic E-state index is 0.467. The Balaban J connectivity index is 2.10. The molecule has 94 valence electrons. The summed E-state index contributed by atoms with van der Waals surface area (Å²) >= 11 is 0. The van der Waals surface area contributed by atoms with Crippen LogP contribution in [0.2, 0.25) is 0 Å². The first-order valence-electron chi connectivity index (χ1n) is 6.39. The second-order valence-electron chi connectivity index (χ2n) is 4.79. The molecule has 0 amide bonds. The molecule has 0 aliphatic rings. The first kappa shape index (κ1) is 12.8. The number of rotatable bonds is 5. The van der Waals surface area contributed by atoms with E-state index in [4.69, 9.17) is 0 Å². The maximum Gasteiger partial charge on any atom is 0.0705 e. The van der Waals surface area contributed by atoms with Crippen LogP contribution in [0.3, 0.4) is 0 Å². The summed E-state index contributed by atoms with van der Waals surface area (Å²) in [5, 5.41) is 4.69. The van der Waals surface area contributed by atoms with Gasteiger partial charge in [-0.3, -0.25) is 4.98 Å². The maximum atomic E-state index is 4.51. The topological polar surface area (TPSA) is 24.9 Å². The van der Waals surface area contributed by atoms with Gasteiger partial charge >= 0.3 is 0 Å². The van der Waals surface area contributed by atoms with E-state index in [0.29, 0.717) is 6.04 Å². The van der Waals surface area contributed by atoms with E-state index in [1.807, 2.05) is 13.0 Å². The van der Waals surface area contributed by atoms with Gasteiger partial charge in [-0.2, -0.15) is 0 Å². The molecule has 0 radical (unpaired) electrons. The summed E-state index contributed by atoms with van der Waals surface area (Å²) in [7, 11) is 0. The summed E-state index contributed by atoms with van der Waals surface area (Å²) in [6.45, 7) is 8.84. The van der Waals surface area contributed by atoms with E-state index >= 15 is 0 Å². The number of fused-ring (bicyclic) bond motifs is 1. The Kier molecular flexibility index (Phi) is 4.11. The van der Waals surface area contributed by atoms with E-state index in [-0.39, 0.29) is 0 Å². The minimum Gasteiger partial charge on any atom is -0.310 e. The quantitative estimate of drug-likeness (QED) is 0.808. The highest BCUT2D eigenvalue weighted by Gasteiger charge is 2.01. The average molecular weight is 240 g/mol. The zero-order valence-corrected chi connectivity index (χ0v) is 11.1. The number of nitrogens with zero attached hydrogens (tertiary/aromatic N) is 1. The number of aryl methyl sites for hydroxylation is 1. The molecule has 0 bridgehead atoms. The minimum absolute atomic E-state index is 0.467. The molecule has 1 aromatic heterocycles. The predicted molar refractivity (Wildman–Crippen MR) is 77.6 cm³/mol. The molecule has 0 aliphatic heterocycles. The zero-order valence-electron chi connectivity index (χ0n) is 11.1. The molecule has 1 N–H and O–H groups in total. The van der Waals surface area contributed by atoms with Crippen LogP contribution in [-0.4, -0.2) is 11.0 Å². The third-order valence-electron chi connectivity index (χ3n) is 3.07. The van der Waals surface area contributed by atoms with Crippen LogP contribution in [0.5, 0.6) is 0 Å². The van der Waals surface area contributed by atoms with Crippen molar-refractivity contribution in [2.45, 2.75) is 32.9 Å². The second kappa shape index (κ2) is 5.78. The summed E-state index contributed by atoms with van der Waals surface area (Å²) in [5.74, 6) is 0. The zero-order chi connectivity index (χ0) is 13.0. The van der Waals surface area contributed by atoms with Gasteiger partial charge in [0.1, 0.15) is 0 Å². The number of benzene rings is 1. The van der Waals surface area contributed by atoms with Gasteiger partial charge in [-0.25, -0.2) is 0 Å². The van der Waals surface area contributed by atoms with Crippen LogP contribution in [-0.2, 0) is 6.54 Å². The smallest absolute Gasteiger partial charge is 0.0705 e. The van der Waals surface area contributed by atoms with Crippen molar-refractivity contribution in [2.75, 3.05) is 0 Å². The fourth-order valence-electron chi connectivity index (χ4n) is 2.01. The first-order chi connectivity index (χ1) is 8.69. The molecule has 2 nitrogen and oxygen atoms in total. The summed E-state index contributed by atoms with van der Waals surface area (Å²) in [6, 6.07) is 11.1. The van der Waals surface area contributed by atoms with Gasteiger partial charge in [-0.05, 0) is 44.0 Å². The van der Waals surface area contributed by atoms with Gasteiger partial charge in [0.05, 0.1) is 5.52 Å². The Bertz CT molecular complexity index is 546. The van der Waals surface area contributed by atoms with Crippen LogP contribution in [0.1, 0.15) is 24.6 Å². The highest BCUT2D eigenvalue weighted by Crippen LogP contribution is 2.14. The van der Waals surface area contributed by atoms with Crippen molar-refractivity contribution < 1.29 is 0 Å². The predicted octanol–water partition coefficient (Wildman–Crippen LogP) is 3.60. The molecule has 2 rings (SSSR count). The third kappa shape index (κ3) is 3.17. The number of hydrogen-bond acceptors (Lipinski definition) is 2. The first-order valence-corrected chi connectivity index (χ1v) is 6.39. The Labute approximate surface area is 109 Å². The lowest BCUT2D eigenvalue weighted by molar-refractivity contribution is 0.554. The van der Waals surface area contributed by atoms with Crippen LogP contribution < -0.4 is 5.32 Å². The van der Waals surface area contributed by atoms with Gasteiger partial charge in [-0.15, -0.1) is 6.58 Å². The Hall–Kier alpha value is -1.67. The van der Waals surface area contributed by atoms with Gasteiger partial charge in [-0.1, -0.05) is 18.2 Å². The lowest BCUT2D eigenvalue weighted by Gasteiger charge is -2.12. The maximum absolute atomic E-state index is 4.51. The summed E-state index contributed by atoms with van der Waals surface area (Å²) in [4.78, 5) is 4.51. The Morgan fingerprint density at radius 1 is 1.33 bits per heavy atom. The Morgan fingerprint density at radius 2 is 2.17 bits per heavy atom. The van der Waals surface area contributed by atoms with Crippen molar-refractivity contribution in [3.63, 3.8) is 0 Å². The molecule has 1 atom stereocenters. The standard InChI is InChI=1S/C16H20N2/c1-4-5-12(2)17-11-14-7-9-16-15(10-14)8-6-13(3)18-16/h4,6-10,12,17H,1,5,11H2,2-3H3. The summed E-state index contributed by atoms with van der Waals surface area (Å²) < 4.78 is 0. The molecular formula is C16H20N2. The second-order valence-corrected chi connectivity index (χ2v) is 4.79. The number of nitrogens with one attached hydrogen (secondary N) is 1. The van der Waals surface area contributed by atoms with Crippen molar-refractivity contribution in [3.05, 3.63) is 54.2 Å². The highest BCUT2D eigenvalue weighted by molar-refractivity contribution is 5.79. The fourth-order valence-corrected chi connectivity index (χ4v) is 2.01. The van der Waals surface area contributed by atoms with Crippen LogP contribution in [0.25, 0.3) is 10.9 Å². The summed E-state index contributed by atoms with van der Waals surface area (Å²) in [6.07, 6.45) is 2.94. The van der Waals surface area contributed by atoms with Crippen molar-refractivity contribution in [3.8, 4) is 0 Å². The molecule has 0 saturated heterocycles. The van der Waals surface area contributed by atoms with Gasteiger partial charge < -0.3 is 5.32 Å². The van der Waals surface area contributed by atoms with Crippen LogP contribution >= 0.6 is 0 Å². The number of aromatic nitrogens is 1. The van der Waals surface area contributed by atoms with E-state index in [2.05, 4.69) is 54.1 Å². The van der Waals surface area contributed by atoms with Crippen LogP contribution in [0.4, 0.5) is 0 Å². The van der Waals surface area contributed by atoms with Crippen LogP contribution in [0.15, 0.2) is 43.0 Å². The van der Waals surface area contributed by atoms with Crippen molar-refractivity contribution in [1.82, 2.24) is 10.3 Å². The summed E-state index contributed by atoms with van der Waals surface area (Å²) in [5.41, 5.74) is 3.43. The lowest BCUT2D eigenvalue weighted by atomic mass is 10.1. The highest BCUT2D eigenvalue weighted by atomic mass is 14.9. The molecule has 1 heterocycles. The molecular weight excluding hydrogens is 220 g/mol. The molecule has 2 heteroatoms. The molecule has 2 aromatic rings. The average Bonchev–Trinajstić information content (AvgIpc) is 2.36. The molecule has 0 saturated carbocycles. The molecule has 1 aromatic carbocycles. The number of pyridine rings is 1. The van der Waals surface area contributed by atoms with Crippen molar-refractivity contribution in [2.24, 2.45) is 0 Å². The lowest BCUT2D eigenvalue weighted by Crippen LogP contribution is -2.24. The molecule has 0 spiro atoms. The largest absolute Gasteiger partial charge is 0.310 e. The van der Waals surface area contributed by atoms with Crippen molar-refractivity contribution >= 4 is 10.9 Å². The van der Waals surface area contributed by atoms with E-state index in [0.717, 1.165) is 24.2 Å². The normalized spacial score (nSPS) is 12.6.